The van der Waals surface area contributed by atoms with Gasteiger partial charge in [0.2, 0.25) is 5.91 Å². The Labute approximate surface area is 113 Å². The zero-order chi connectivity index (χ0) is 14.6. The van der Waals surface area contributed by atoms with Gasteiger partial charge in [0, 0.05) is 35.4 Å². The summed E-state index contributed by atoms with van der Waals surface area (Å²) in [6.45, 7) is 1.78. The highest BCUT2D eigenvalue weighted by atomic mass is 32.2. The van der Waals surface area contributed by atoms with Crippen LogP contribution in [0.2, 0.25) is 0 Å². The molecule has 0 aromatic heterocycles. The molecule has 0 radical (unpaired) electrons. The fourth-order valence-electron chi connectivity index (χ4n) is 1.84. The lowest BCUT2D eigenvalue weighted by molar-refractivity contribution is -0.180. The molecule has 19 heavy (non-hydrogen) atoms. The van der Waals surface area contributed by atoms with Crippen LogP contribution in [0.5, 0.6) is 0 Å². The molecule has 1 heterocycles. The maximum absolute atomic E-state index is 12.4. The highest BCUT2D eigenvalue weighted by Gasteiger charge is 2.42. The summed E-state index contributed by atoms with van der Waals surface area (Å²) < 4.78 is 48.4. The molecule has 1 aliphatic heterocycles. The molecule has 0 aliphatic carbocycles. The first-order chi connectivity index (χ1) is 8.71. The molecule has 0 bridgehead atoms. The third-order valence-electron chi connectivity index (χ3n) is 3.32. The third kappa shape index (κ3) is 5.10. The maximum atomic E-state index is 12.4. The summed E-state index contributed by atoms with van der Waals surface area (Å²) in [7, 11) is -1.03. The van der Waals surface area contributed by atoms with Crippen molar-refractivity contribution in [3.05, 3.63) is 0 Å². The van der Waals surface area contributed by atoms with E-state index in [1.165, 1.54) is 0 Å². The number of hydrogen-bond donors (Lipinski definition) is 2. The van der Waals surface area contributed by atoms with Crippen molar-refractivity contribution in [3.8, 4) is 0 Å². The fourth-order valence-corrected chi connectivity index (χ4v) is 2.16. The minimum absolute atomic E-state index is 0.0378. The summed E-state index contributed by atoms with van der Waals surface area (Å²) in [6.07, 6.45) is -2.53. The average Bonchev–Trinajstić information content (AvgIpc) is 2.34. The van der Waals surface area contributed by atoms with Gasteiger partial charge in [-0.05, 0) is 19.8 Å². The molecule has 1 rings (SSSR count). The van der Waals surface area contributed by atoms with Crippen molar-refractivity contribution in [2.75, 3.05) is 19.3 Å². The Kier molecular flexibility index (Phi) is 5.79. The van der Waals surface area contributed by atoms with Gasteiger partial charge in [0.25, 0.3) is 0 Å². The molecule has 112 valence electrons. The zero-order valence-corrected chi connectivity index (χ0v) is 11.7. The first-order valence-corrected chi connectivity index (χ1v) is 7.74. The predicted molar refractivity (Wildman–Crippen MR) is 67.1 cm³/mol. The molecule has 1 amide bonds. The van der Waals surface area contributed by atoms with Gasteiger partial charge in [-0.2, -0.15) is 13.2 Å². The number of halogens is 3. The summed E-state index contributed by atoms with van der Waals surface area (Å²) in [4.78, 5) is 11.7. The molecule has 0 aromatic carbocycles. The molecule has 1 fully saturated rings. The molecule has 0 spiro atoms. The molecule has 2 N–H and O–H groups in total. The largest absolute Gasteiger partial charge is 0.393 e. The van der Waals surface area contributed by atoms with Gasteiger partial charge < -0.3 is 10.6 Å². The van der Waals surface area contributed by atoms with Crippen LogP contribution in [0.1, 0.15) is 19.8 Å². The van der Waals surface area contributed by atoms with Gasteiger partial charge in [0.1, 0.15) is 0 Å². The first kappa shape index (κ1) is 16.4. The van der Waals surface area contributed by atoms with E-state index >= 15 is 0 Å². The molecule has 4 unspecified atom stereocenters. The molecule has 0 saturated carbocycles. The molecule has 1 aliphatic rings. The van der Waals surface area contributed by atoms with Crippen LogP contribution >= 0.6 is 0 Å². The van der Waals surface area contributed by atoms with Crippen LogP contribution in [0.25, 0.3) is 0 Å². The molecule has 4 atom stereocenters. The van der Waals surface area contributed by atoms with E-state index in [4.69, 9.17) is 0 Å². The average molecular weight is 300 g/mol. The zero-order valence-electron chi connectivity index (χ0n) is 10.9. The van der Waals surface area contributed by atoms with E-state index in [0.717, 1.165) is 0 Å². The van der Waals surface area contributed by atoms with E-state index in [9.17, 15) is 22.2 Å². The van der Waals surface area contributed by atoms with Gasteiger partial charge in [0.15, 0.2) is 0 Å². The van der Waals surface area contributed by atoms with Crippen molar-refractivity contribution in [1.29, 1.82) is 0 Å². The topological polar surface area (TPSA) is 58.2 Å². The number of nitrogens with one attached hydrogen (secondary N) is 2. The lowest BCUT2D eigenvalue weighted by Gasteiger charge is -2.30. The third-order valence-corrected chi connectivity index (χ3v) is 4.62. The molecule has 1 saturated heterocycles. The summed E-state index contributed by atoms with van der Waals surface area (Å²) >= 11 is 0. The Morgan fingerprint density at radius 1 is 1.47 bits per heavy atom. The summed E-state index contributed by atoms with van der Waals surface area (Å²) in [6, 6.07) is -0.587. The van der Waals surface area contributed by atoms with Crippen molar-refractivity contribution in [3.63, 3.8) is 0 Å². The number of piperidine rings is 1. The van der Waals surface area contributed by atoms with Crippen LogP contribution in [0.3, 0.4) is 0 Å². The van der Waals surface area contributed by atoms with Gasteiger partial charge in [-0.1, -0.05) is 0 Å². The van der Waals surface area contributed by atoms with Crippen LogP contribution in [-0.4, -0.2) is 46.9 Å². The van der Waals surface area contributed by atoms with Crippen LogP contribution in [-0.2, 0) is 15.6 Å². The van der Waals surface area contributed by atoms with Crippen molar-refractivity contribution in [1.82, 2.24) is 10.6 Å². The SMILES string of the molecule is CC(CNC(=O)C1CCC(C(F)(F)F)CN1)S(C)=O. The Morgan fingerprint density at radius 2 is 2.11 bits per heavy atom. The second-order valence-electron chi connectivity index (χ2n) is 4.83. The summed E-state index contributed by atoms with van der Waals surface area (Å²) in [5.41, 5.74) is 0. The second kappa shape index (κ2) is 6.69. The highest BCUT2D eigenvalue weighted by molar-refractivity contribution is 7.84. The van der Waals surface area contributed by atoms with Crippen LogP contribution in [0.4, 0.5) is 13.2 Å². The number of carbonyl (C=O) groups excluding carboxylic acids is 1. The van der Waals surface area contributed by atoms with Crippen molar-refractivity contribution in [2.45, 2.75) is 37.2 Å². The van der Waals surface area contributed by atoms with Crippen molar-refractivity contribution in [2.24, 2.45) is 5.92 Å². The van der Waals surface area contributed by atoms with Crippen molar-refractivity contribution < 1.29 is 22.2 Å². The lowest BCUT2D eigenvalue weighted by atomic mass is 9.94. The normalized spacial score (nSPS) is 27.6. The molecule has 8 heteroatoms. The smallest absolute Gasteiger partial charge is 0.354 e. The Balaban J connectivity index is 2.35. The number of alkyl halides is 3. The fraction of sp³-hybridized carbons (Fsp3) is 0.909. The summed E-state index contributed by atoms with van der Waals surface area (Å²) in [5, 5.41) is 5.06. The van der Waals surface area contributed by atoms with E-state index in [2.05, 4.69) is 10.6 Å². The summed E-state index contributed by atoms with van der Waals surface area (Å²) in [5.74, 6) is -1.70. The number of amides is 1. The second-order valence-corrected chi connectivity index (χ2v) is 6.63. The van der Waals surface area contributed by atoms with Gasteiger partial charge in [-0.25, -0.2) is 0 Å². The van der Waals surface area contributed by atoms with E-state index in [0.29, 0.717) is 0 Å². The molecule has 4 nitrogen and oxygen atoms in total. The predicted octanol–water partition coefficient (Wildman–Crippen LogP) is 0.800. The number of carbonyl (C=O) groups is 1. The minimum atomic E-state index is -4.21. The molecule has 0 aromatic rings. The maximum Gasteiger partial charge on any atom is 0.393 e. The Morgan fingerprint density at radius 3 is 2.53 bits per heavy atom. The lowest BCUT2D eigenvalue weighted by Crippen LogP contribution is -2.52. The quantitative estimate of drug-likeness (QED) is 0.807. The van der Waals surface area contributed by atoms with Crippen LogP contribution in [0, 0.1) is 5.92 Å². The molecular formula is C11H19F3N2O2S. The highest BCUT2D eigenvalue weighted by Crippen LogP contribution is 2.31. The number of hydrogen-bond acceptors (Lipinski definition) is 3. The van der Waals surface area contributed by atoms with Gasteiger partial charge in [0.05, 0.1) is 12.0 Å². The Hall–Kier alpha value is -0.630. The van der Waals surface area contributed by atoms with E-state index in [1.807, 2.05) is 0 Å². The first-order valence-electron chi connectivity index (χ1n) is 6.12. The van der Waals surface area contributed by atoms with Crippen LogP contribution < -0.4 is 10.6 Å². The number of rotatable bonds is 4. The van der Waals surface area contributed by atoms with Crippen molar-refractivity contribution >= 4 is 16.7 Å². The van der Waals surface area contributed by atoms with E-state index in [1.54, 1.807) is 13.2 Å². The van der Waals surface area contributed by atoms with E-state index < -0.39 is 28.9 Å². The Bertz CT molecular complexity index is 341. The van der Waals surface area contributed by atoms with E-state index in [-0.39, 0.29) is 37.1 Å². The standard InChI is InChI=1S/C11H19F3N2O2S/c1-7(19(2)18)5-16-10(17)9-4-3-8(6-15-9)11(12,13)14/h7-9,15H,3-6H2,1-2H3,(H,16,17). The van der Waals surface area contributed by atoms with Gasteiger partial charge in [-0.3, -0.25) is 9.00 Å². The molecular weight excluding hydrogens is 281 g/mol. The van der Waals surface area contributed by atoms with Crippen LogP contribution in [0.15, 0.2) is 0 Å². The van der Waals surface area contributed by atoms with Gasteiger partial charge >= 0.3 is 6.18 Å². The monoisotopic (exact) mass is 300 g/mol. The van der Waals surface area contributed by atoms with Gasteiger partial charge in [-0.15, -0.1) is 0 Å². The minimum Gasteiger partial charge on any atom is -0.354 e.